The Morgan fingerprint density at radius 3 is 2.19 bits per heavy atom. The molecule has 3 heteroatoms. The highest BCUT2D eigenvalue weighted by molar-refractivity contribution is 5.71. The first kappa shape index (κ1) is 20.8. The van der Waals surface area contributed by atoms with Gasteiger partial charge in [-0.1, -0.05) is 46.8 Å². The molecule has 3 nitrogen and oxygen atoms in total. The molecule has 1 saturated carbocycles. The van der Waals surface area contributed by atoms with Crippen LogP contribution in [0.5, 0.6) is 5.75 Å². The SMILES string of the molecule is CCC1(OC(=O)COc2ccc(C(CC(C)C)C(C)C)cc2)CCCC1. The largest absolute Gasteiger partial charge is 0.482 e. The van der Waals surface area contributed by atoms with Gasteiger partial charge in [0.25, 0.3) is 0 Å². The summed E-state index contributed by atoms with van der Waals surface area (Å²) in [5, 5.41) is 0. The van der Waals surface area contributed by atoms with Gasteiger partial charge in [-0.2, -0.15) is 0 Å². The summed E-state index contributed by atoms with van der Waals surface area (Å²) in [5.41, 5.74) is 1.10. The molecule has 1 aliphatic rings. The molecule has 1 aromatic carbocycles. The van der Waals surface area contributed by atoms with Crippen LogP contribution in [0.1, 0.15) is 84.6 Å². The summed E-state index contributed by atoms with van der Waals surface area (Å²) in [5.74, 6) is 2.32. The van der Waals surface area contributed by atoms with Gasteiger partial charge in [-0.15, -0.1) is 0 Å². The number of esters is 1. The second-order valence-electron chi connectivity index (χ2n) is 8.56. The van der Waals surface area contributed by atoms with Crippen molar-refractivity contribution in [3.05, 3.63) is 29.8 Å². The molecule has 1 aliphatic carbocycles. The van der Waals surface area contributed by atoms with Gasteiger partial charge in [-0.05, 0) is 74.0 Å². The average molecular weight is 361 g/mol. The molecule has 1 unspecified atom stereocenters. The number of carbonyl (C=O) groups excluding carboxylic acids is 1. The van der Waals surface area contributed by atoms with Gasteiger partial charge in [-0.3, -0.25) is 0 Å². The molecular weight excluding hydrogens is 324 g/mol. The minimum absolute atomic E-state index is 0.0132. The average Bonchev–Trinajstić information content (AvgIpc) is 3.07. The molecular formula is C23H36O3. The van der Waals surface area contributed by atoms with Crippen LogP contribution in [0.15, 0.2) is 24.3 Å². The van der Waals surface area contributed by atoms with Crippen LogP contribution in [0, 0.1) is 11.8 Å². The van der Waals surface area contributed by atoms with Gasteiger partial charge >= 0.3 is 5.97 Å². The standard InChI is InChI=1S/C23H36O3/c1-6-23(13-7-8-14-23)26-22(24)16-25-20-11-9-19(10-12-20)21(18(4)5)15-17(2)3/h9-12,17-18,21H,6-8,13-16H2,1-5H3. The van der Waals surface area contributed by atoms with Crippen LogP contribution >= 0.6 is 0 Å². The monoisotopic (exact) mass is 360 g/mol. The molecule has 26 heavy (non-hydrogen) atoms. The minimum atomic E-state index is -0.252. The lowest BCUT2D eigenvalue weighted by atomic mass is 9.82. The van der Waals surface area contributed by atoms with Crippen molar-refractivity contribution in [2.45, 2.75) is 84.7 Å². The summed E-state index contributed by atoms with van der Waals surface area (Å²) >= 11 is 0. The molecule has 146 valence electrons. The zero-order chi connectivity index (χ0) is 19.2. The summed E-state index contributed by atoms with van der Waals surface area (Å²) in [6.45, 7) is 11.2. The summed E-state index contributed by atoms with van der Waals surface area (Å²) < 4.78 is 11.4. The van der Waals surface area contributed by atoms with E-state index in [2.05, 4.69) is 46.8 Å². The molecule has 0 aromatic heterocycles. The van der Waals surface area contributed by atoms with Crippen molar-refractivity contribution < 1.29 is 14.3 Å². The number of ether oxygens (including phenoxy) is 2. The number of hydrogen-bond donors (Lipinski definition) is 0. The van der Waals surface area contributed by atoms with E-state index >= 15 is 0 Å². The van der Waals surface area contributed by atoms with Crippen LogP contribution in [0.3, 0.4) is 0 Å². The number of carbonyl (C=O) groups is 1. The molecule has 0 aliphatic heterocycles. The predicted octanol–water partition coefficient (Wildman–Crippen LogP) is 6.12. The van der Waals surface area contributed by atoms with E-state index in [1.165, 1.54) is 12.0 Å². The second-order valence-corrected chi connectivity index (χ2v) is 8.56. The van der Waals surface area contributed by atoms with E-state index in [4.69, 9.17) is 9.47 Å². The Bertz CT molecular complexity index is 553. The van der Waals surface area contributed by atoms with E-state index in [9.17, 15) is 4.79 Å². The van der Waals surface area contributed by atoms with Crippen molar-refractivity contribution in [2.75, 3.05) is 6.61 Å². The molecule has 0 bridgehead atoms. The minimum Gasteiger partial charge on any atom is -0.482 e. The maximum absolute atomic E-state index is 12.2. The Hall–Kier alpha value is -1.51. The Morgan fingerprint density at radius 2 is 1.69 bits per heavy atom. The molecule has 0 radical (unpaired) electrons. The van der Waals surface area contributed by atoms with Crippen LogP contribution in [-0.2, 0) is 9.53 Å². The van der Waals surface area contributed by atoms with E-state index in [0.717, 1.165) is 37.9 Å². The van der Waals surface area contributed by atoms with Gasteiger partial charge in [0.2, 0.25) is 0 Å². The Kier molecular flexibility index (Phi) is 7.55. The first-order valence-electron chi connectivity index (χ1n) is 10.3. The fraction of sp³-hybridized carbons (Fsp3) is 0.696. The smallest absolute Gasteiger partial charge is 0.344 e. The summed E-state index contributed by atoms with van der Waals surface area (Å²) in [6.07, 6.45) is 6.34. The van der Waals surface area contributed by atoms with E-state index in [1.807, 2.05) is 12.1 Å². The summed E-state index contributed by atoms with van der Waals surface area (Å²) in [7, 11) is 0. The molecule has 0 saturated heterocycles. The first-order valence-corrected chi connectivity index (χ1v) is 10.3. The van der Waals surface area contributed by atoms with Gasteiger partial charge in [0, 0.05) is 0 Å². The van der Waals surface area contributed by atoms with E-state index in [0.29, 0.717) is 17.8 Å². The van der Waals surface area contributed by atoms with Crippen molar-refractivity contribution >= 4 is 5.97 Å². The van der Waals surface area contributed by atoms with Crippen LogP contribution in [0.4, 0.5) is 0 Å². The third-order valence-electron chi connectivity index (χ3n) is 5.68. The Labute approximate surface area is 159 Å². The predicted molar refractivity (Wildman–Crippen MR) is 107 cm³/mol. The van der Waals surface area contributed by atoms with Gasteiger partial charge in [-0.25, -0.2) is 4.79 Å². The van der Waals surface area contributed by atoms with Crippen molar-refractivity contribution in [1.29, 1.82) is 0 Å². The van der Waals surface area contributed by atoms with Crippen LogP contribution in [-0.4, -0.2) is 18.2 Å². The normalized spacial score (nSPS) is 17.5. The van der Waals surface area contributed by atoms with Crippen molar-refractivity contribution in [2.24, 2.45) is 11.8 Å². The lowest BCUT2D eigenvalue weighted by molar-refractivity contribution is -0.162. The first-order chi connectivity index (χ1) is 12.3. The van der Waals surface area contributed by atoms with E-state index < -0.39 is 0 Å². The fourth-order valence-electron chi connectivity index (χ4n) is 4.07. The second kappa shape index (κ2) is 9.43. The molecule has 0 spiro atoms. The highest BCUT2D eigenvalue weighted by Crippen LogP contribution is 2.36. The number of hydrogen-bond acceptors (Lipinski definition) is 3. The zero-order valence-electron chi connectivity index (χ0n) is 17.2. The quantitative estimate of drug-likeness (QED) is 0.498. The van der Waals surface area contributed by atoms with Crippen LogP contribution in [0.25, 0.3) is 0 Å². The molecule has 1 atom stereocenters. The molecule has 0 heterocycles. The molecule has 0 N–H and O–H groups in total. The number of rotatable bonds is 9. The van der Waals surface area contributed by atoms with E-state index in [1.54, 1.807) is 0 Å². The zero-order valence-corrected chi connectivity index (χ0v) is 17.2. The lowest BCUT2D eigenvalue weighted by Gasteiger charge is -2.27. The maximum Gasteiger partial charge on any atom is 0.344 e. The van der Waals surface area contributed by atoms with Crippen LogP contribution < -0.4 is 4.74 Å². The van der Waals surface area contributed by atoms with Gasteiger partial charge in [0.1, 0.15) is 11.4 Å². The van der Waals surface area contributed by atoms with Gasteiger partial charge in [0.05, 0.1) is 0 Å². The topological polar surface area (TPSA) is 35.5 Å². The summed E-state index contributed by atoms with van der Waals surface area (Å²) in [4.78, 5) is 12.2. The Balaban J connectivity index is 1.89. The van der Waals surface area contributed by atoms with Crippen LogP contribution in [0.2, 0.25) is 0 Å². The molecule has 0 amide bonds. The van der Waals surface area contributed by atoms with Gasteiger partial charge in [0.15, 0.2) is 6.61 Å². The third kappa shape index (κ3) is 5.75. The molecule has 1 aromatic rings. The summed E-state index contributed by atoms with van der Waals surface area (Å²) in [6, 6.07) is 8.23. The highest BCUT2D eigenvalue weighted by Gasteiger charge is 2.35. The number of benzene rings is 1. The highest BCUT2D eigenvalue weighted by atomic mass is 16.6. The lowest BCUT2D eigenvalue weighted by Crippen LogP contribution is -2.33. The van der Waals surface area contributed by atoms with Crippen molar-refractivity contribution in [1.82, 2.24) is 0 Å². The Morgan fingerprint density at radius 1 is 1.08 bits per heavy atom. The van der Waals surface area contributed by atoms with E-state index in [-0.39, 0.29) is 18.2 Å². The fourth-order valence-corrected chi connectivity index (χ4v) is 4.07. The molecule has 2 rings (SSSR count). The van der Waals surface area contributed by atoms with Gasteiger partial charge < -0.3 is 9.47 Å². The van der Waals surface area contributed by atoms with Crippen molar-refractivity contribution in [3.8, 4) is 5.75 Å². The molecule has 1 fully saturated rings. The van der Waals surface area contributed by atoms with Crippen molar-refractivity contribution in [3.63, 3.8) is 0 Å². The third-order valence-corrected chi connectivity index (χ3v) is 5.68. The maximum atomic E-state index is 12.2.